The van der Waals surface area contributed by atoms with Crippen LogP contribution in [0.15, 0.2) is 97.1 Å². The van der Waals surface area contributed by atoms with Crippen LogP contribution in [0.5, 0.6) is 0 Å². The van der Waals surface area contributed by atoms with E-state index in [1.54, 1.807) is 41.3 Å². The summed E-state index contributed by atoms with van der Waals surface area (Å²) in [5, 5.41) is 13.7. The van der Waals surface area contributed by atoms with E-state index in [4.69, 9.17) is 0 Å². The van der Waals surface area contributed by atoms with E-state index in [0.717, 1.165) is 16.3 Å². The van der Waals surface area contributed by atoms with Gasteiger partial charge in [-0.2, -0.15) is 0 Å². The van der Waals surface area contributed by atoms with E-state index in [-0.39, 0.29) is 12.2 Å². The Balaban J connectivity index is 1.49. The highest BCUT2D eigenvalue weighted by atomic mass is 16.3. The Bertz CT molecular complexity index is 1300. The third-order valence-electron chi connectivity index (χ3n) is 5.91. The molecule has 4 nitrogen and oxygen atoms in total. The van der Waals surface area contributed by atoms with Gasteiger partial charge in [-0.05, 0) is 28.5 Å². The van der Waals surface area contributed by atoms with E-state index in [1.807, 2.05) is 54.6 Å². The molecule has 1 N–H and O–H groups in total. The fraction of sp³-hybridized carbons (Fsp3) is 0.111. The largest absolute Gasteiger partial charge is 0.375 e. The molecule has 31 heavy (non-hydrogen) atoms. The predicted octanol–water partition coefficient (Wildman–Crippen LogP) is 4.85. The van der Waals surface area contributed by atoms with E-state index in [1.165, 1.54) is 0 Å². The number of hydrogen-bond donors (Lipinski definition) is 1. The molecule has 1 atom stereocenters. The quantitative estimate of drug-likeness (QED) is 0.481. The minimum atomic E-state index is -1.87. The van der Waals surface area contributed by atoms with Crippen molar-refractivity contribution in [3.63, 3.8) is 0 Å². The minimum Gasteiger partial charge on any atom is -0.375 e. The van der Waals surface area contributed by atoms with E-state index in [0.29, 0.717) is 23.4 Å². The SMILES string of the molecule is O=C(C[C@@]1(O)C(=O)N(Cc2ccc3ccccc3c2)c2ccccc21)c1ccccc1. The van der Waals surface area contributed by atoms with Crippen molar-refractivity contribution in [2.45, 2.75) is 18.6 Å². The summed E-state index contributed by atoms with van der Waals surface area (Å²) in [6.07, 6.45) is -0.291. The smallest absolute Gasteiger partial charge is 0.264 e. The maximum Gasteiger partial charge on any atom is 0.264 e. The molecule has 1 aliphatic heterocycles. The highest BCUT2D eigenvalue weighted by Crippen LogP contribution is 2.43. The Hall–Kier alpha value is -3.76. The molecule has 4 aromatic rings. The van der Waals surface area contributed by atoms with Gasteiger partial charge in [0.05, 0.1) is 18.7 Å². The molecule has 0 bridgehead atoms. The summed E-state index contributed by atoms with van der Waals surface area (Å²) in [5.41, 5.74) is 0.684. The lowest BCUT2D eigenvalue weighted by Gasteiger charge is -2.23. The number of fused-ring (bicyclic) bond motifs is 2. The Morgan fingerprint density at radius 1 is 0.806 bits per heavy atom. The van der Waals surface area contributed by atoms with Crippen molar-refractivity contribution >= 4 is 28.2 Å². The fourth-order valence-electron chi connectivity index (χ4n) is 4.31. The van der Waals surface area contributed by atoms with Crippen LogP contribution in [-0.2, 0) is 16.9 Å². The van der Waals surface area contributed by atoms with Crippen LogP contribution in [0.3, 0.4) is 0 Å². The first-order valence-electron chi connectivity index (χ1n) is 10.3. The number of amides is 1. The first-order chi connectivity index (χ1) is 15.1. The molecule has 0 fully saturated rings. The Morgan fingerprint density at radius 2 is 1.48 bits per heavy atom. The topological polar surface area (TPSA) is 57.6 Å². The van der Waals surface area contributed by atoms with Crippen LogP contribution in [0.25, 0.3) is 10.8 Å². The van der Waals surface area contributed by atoms with Crippen molar-refractivity contribution in [1.82, 2.24) is 0 Å². The average Bonchev–Trinajstić information content (AvgIpc) is 3.01. The van der Waals surface area contributed by atoms with Crippen molar-refractivity contribution in [1.29, 1.82) is 0 Å². The maximum absolute atomic E-state index is 13.4. The number of para-hydroxylation sites is 1. The van der Waals surface area contributed by atoms with Gasteiger partial charge in [-0.15, -0.1) is 0 Å². The summed E-state index contributed by atoms with van der Waals surface area (Å²) >= 11 is 0. The minimum absolute atomic E-state index is 0.265. The van der Waals surface area contributed by atoms with Crippen molar-refractivity contribution in [3.8, 4) is 0 Å². The molecular formula is C27H21NO3. The molecule has 1 aliphatic rings. The number of Topliss-reactive ketones (excluding diaryl/α,β-unsaturated/α-hetero) is 1. The summed E-state index contributed by atoms with van der Waals surface area (Å²) in [6, 6.07) is 30.1. The lowest BCUT2D eigenvalue weighted by atomic mass is 9.88. The average molecular weight is 407 g/mol. The van der Waals surface area contributed by atoms with Gasteiger partial charge in [0.25, 0.3) is 5.91 Å². The monoisotopic (exact) mass is 407 g/mol. The second-order valence-electron chi connectivity index (χ2n) is 7.92. The molecule has 4 aromatic carbocycles. The third kappa shape index (κ3) is 3.31. The van der Waals surface area contributed by atoms with Crippen LogP contribution in [0.2, 0.25) is 0 Å². The van der Waals surface area contributed by atoms with Gasteiger partial charge >= 0.3 is 0 Å². The number of aliphatic hydroxyl groups is 1. The number of anilines is 1. The molecule has 0 saturated heterocycles. The zero-order chi connectivity index (χ0) is 21.4. The summed E-state index contributed by atoms with van der Waals surface area (Å²) in [5.74, 6) is -0.732. The van der Waals surface area contributed by atoms with Gasteiger partial charge < -0.3 is 10.0 Å². The van der Waals surface area contributed by atoms with Gasteiger partial charge in [0, 0.05) is 11.1 Å². The number of rotatable bonds is 5. The second kappa shape index (κ2) is 7.49. The molecule has 0 aromatic heterocycles. The predicted molar refractivity (Wildman–Crippen MR) is 121 cm³/mol. The molecule has 0 unspecified atom stereocenters. The number of hydrogen-bond acceptors (Lipinski definition) is 3. The molecular weight excluding hydrogens is 386 g/mol. The number of carbonyl (C=O) groups excluding carboxylic acids is 2. The maximum atomic E-state index is 13.4. The van der Waals surface area contributed by atoms with Gasteiger partial charge in [-0.25, -0.2) is 0 Å². The fourth-order valence-corrected chi connectivity index (χ4v) is 4.31. The lowest BCUT2D eigenvalue weighted by molar-refractivity contribution is -0.136. The van der Waals surface area contributed by atoms with Crippen molar-refractivity contribution in [2.24, 2.45) is 0 Å². The lowest BCUT2D eigenvalue weighted by Crippen LogP contribution is -2.41. The first kappa shape index (κ1) is 19.2. The van der Waals surface area contributed by atoms with Gasteiger partial charge in [0.1, 0.15) is 0 Å². The van der Waals surface area contributed by atoms with Crippen molar-refractivity contribution < 1.29 is 14.7 Å². The molecule has 1 heterocycles. The van der Waals surface area contributed by atoms with E-state index < -0.39 is 11.5 Å². The Morgan fingerprint density at radius 3 is 2.29 bits per heavy atom. The summed E-state index contributed by atoms with van der Waals surface area (Å²) in [6.45, 7) is 0.322. The zero-order valence-electron chi connectivity index (χ0n) is 16.9. The van der Waals surface area contributed by atoms with Crippen LogP contribution in [0.1, 0.15) is 27.9 Å². The first-order valence-corrected chi connectivity index (χ1v) is 10.3. The summed E-state index contributed by atoms with van der Waals surface area (Å²) in [4.78, 5) is 27.9. The number of ketones is 1. The molecule has 152 valence electrons. The van der Waals surface area contributed by atoms with Crippen LogP contribution < -0.4 is 4.90 Å². The van der Waals surface area contributed by atoms with E-state index in [9.17, 15) is 14.7 Å². The molecule has 0 saturated carbocycles. The highest BCUT2D eigenvalue weighted by molar-refractivity contribution is 6.10. The normalized spacial score (nSPS) is 17.7. The van der Waals surface area contributed by atoms with Crippen molar-refractivity contribution in [3.05, 3.63) is 114 Å². The van der Waals surface area contributed by atoms with Crippen LogP contribution in [0.4, 0.5) is 5.69 Å². The molecule has 0 spiro atoms. The summed E-state index contributed by atoms with van der Waals surface area (Å²) < 4.78 is 0. The number of carbonyl (C=O) groups is 2. The Labute approximate surface area is 180 Å². The van der Waals surface area contributed by atoms with Gasteiger partial charge in [-0.3, -0.25) is 9.59 Å². The van der Waals surface area contributed by atoms with Crippen LogP contribution in [0, 0.1) is 0 Å². The third-order valence-corrected chi connectivity index (χ3v) is 5.91. The number of nitrogens with zero attached hydrogens (tertiary/aromatic N) is 1. The molecule has 0 radical (unpaired) electrons. The van der Waals surface area contributed by atoms with Crippen molar-refractivity contribution in [2.75, 3.05) is 4.90 Å². The van der Waals surface area contributed by atoms with E-state index in [2.05, 4.69) is 6.07 Å². The number of benzene rings is 4. The molecule has 5 rings (SSSR count). The van der Waals surface area contributed by atoms with Gasteiger partial charge in [0.2, 0.25) is 0 Å². The molecule has 4 heteroatoms. The summed E-state index contributed by atoms with van der Waals surface area (Å²) in [7, 11) is 0. The van der Waals surface area contributed by atoms with Gasteiger partial charge in [0.15, 0.2) is 11.4 Å². The standard InChI is InChI=1S/C27H21NO3/c29-25(21-9-2-1-3-10-21)17-27(31)23-12-6-7-13-24(23)28(26(27)30)18-19-14-15-20-8-4-5-11-22(20)16-19/h1-16,31H,17-18H2/t27-/m0/s1. The van der Waals surface area contributed by atoms with Crippen LogP contribution >= 0.6 is 0 Å². The second-order valence-corrected chi connectivity index (χ2v) is 7.92. The Kier molecular flexibility index (Phi) is 4.64. The van der Waals surface area contributed by atoms with Crippen LogP contribution in [-0.4, -0.2) is 16.8 Å². The zero-order valence-corrected chi connectivity index (χ0v) is 16.9. The van der Waals surface area contributed by atoms with Gasteiger partial charge in [-0.1, -0.05) is 84.9 Å². The molecule has 1 amide bonds. The molecule has 0 aliphatic carbocycles. The van der Waals surface area contributed by atoms with E-state index >= 15 is 0 Å². The highest BCUT2D eigenvalue weighted by Gasteiger charge is 2.50.